The first kappa shape index (κ1) is 9.27. The molecular formula is C6H15NOS. The van der Waals surface area contributed by atoms with Crippen LogP contribution < -0.4 is 0 Å². The van der Waals surface area contributed by atoms with Crippen molar-refractivity contribution < 1.29 is 4.74 Å². The first-order valence-electron chi connectivity index (χ1n) is 3.07. The van der Waals surface area contributed by atoms with E-state index in [-0.39, 0.29) is 5.44 Å². The molecule has 0 saturated carbocycles. The fourth-order valence-electron chi connectivity index (χ4n) is 0.406. The Bertz CT molecular complexity index is 58.1. The van der Waals surface area contributed by atoms with Crippen molar-refractivity contribution in [3.8, 4) is 0 Å². The second-order valence-corrected chi connectivity index (χ2v) is 3.00. The third-order valence-corrected chi connectivity index (χ3v) is 1.05. The van der Waals surface area contributed by atoms with Gasteiger partial charge in [0, 0.05) is 6.54 Å². The Morgan fingerprint density at radius 3 is 2.44 bits per heavy atom. The molecule has 0 N–H and O–H groups in total. The molecule has 0 aliphatic carbocycles. The highest BCUT2D eigenvalue weighted by atomic mass is 32.1. The summed E-state index contributed by atoms with van der Waals surface area (Å²) in [4.78, 5) is 2.08. The van der Waals surface area contributed by atoms with E-state index < -0.39 is 0 Å². The quantitative estimate of drug-likeness (QED) is 0.470. The van der Waals surface area contributed by atoms with E-state index in [4.69, 9.17) is 4.74 Å². The van der Waals surface area contributed by atoms with Gasteiger partial charge in [0.1, 0.15) is 0 Å². The van der Waals surface area contributed by atoms with Crippen molar-refractivity contribution >= 4 is 12.6 Å². The van der Waals surface area contributed by atoms with E-state index in [0.717, 1.165) is 13.2 Å². The summed E-state index contributed by atoms with van der Waals surface area (Å²) in [5.74, 6) is 0. The average molecular weight is 149 g/mol. The SMILES string of the molecule is CC(S)OCCN(C)C. The van der Waals surface area contributed by atoms with Crippen LogP contribution in [0.5, 0.6) is 0 Å². The maximum atomic E-state index is 5.18. The number of nitrogens with zero attached hydrogens (tertiary/aromatic N) is 1. The van der Waals surface area contributed by atoms with Crippen LogP contribution in [0.3, 0.4) is 0 Å². The van der Waals surface area contributed by atoms with Crippen LogP contribution in [0.4, 0.5) is 0 Å². The number of ether oxygens (including phenoxy) is 1. The molecule has 0 fully saturated rings. The third kappa shape index (κ3) is 8.27. The number of hydrogen-bond donors (Lipinski definition) is 1. The maximum absolute atomic E-state index is 5.18. The van der Waals surface area contributed by atoms with Gasteiger partial charge in [-0.2, -0.15) is 0 Å². The van der Waals surface area contributed by atoms with Gasteiger partial charge in [-0.05, 0) is 21.0 Å². The Balaban J connectivity index is 2.91. The van der Waals surface area contributed by atoms with Crippen LogP contribution in [0.1, 0.15) is 6.92 Å². The summed E-state index contributed by atoms with van der Waals surface area (Å²) in [5, 5.41) is 0. The topological polar surface area (TPSA) is 12.5 Å². The monoisotopic (exact) mass is 149 g/mol. The van der Waals surface area contributed by atoms with E-state index in [1.165, 1.54) is 0 Å². The number of thiol groups is 1. The van der Waals surface area contributed by atoms with Crippen LogP contribution in [0.15, 0.2) is 0 Å². The molecule has 0 saturated heterocycles. The molecule has 0 aromatic heterocycles. The van der Waals surface area contributed by atoms with Gasteiger partial charge >= 0.3 is 0 Å². The van der Waals surface area contributed by atoms with Gasteiger partial charge in [0.05, 0.1) is 12.0 Å². The predicted octanol–water partition coefficient (Wildman–Crippen LogP) is 0.840. The lowest BCUT2D eigenvalue weighted by Gasteiger charge is -2.10. The van der Waals surface area contributed by atoms with E-state index in [1.54, 1.807) is 0 Å². The normalized spacial score (nSPS) is 14.3. The molecular weight excluding hydrogens is 134 g/mol. The lowest BCUT2D eigenvalue weighted by atomic mass is 10.6. The second-order valence-electron chi connectivity index (χ2n) is 2.27. The van der Waals surface area contributed by atoms with Gasteiger partial charge in [0.2, 0.25) is 0 Å². The fourth-order valence-corrected chi connectivity index (χ4v) is 0.511. The summed E-state index contributed by atoms with van der Waals surface area (Å²) in [6.45, 7) is 3.64. The zero-order chi connectivity index (χ0) is 7.28. The molecule has 9 heavy (non-hydrogen) atoms. The molecule has 0 amide bonds. The highest BCUT2D eigenvalue weighted by Crippen LogP contribution is 1.93. The third-order valence-electron chi connectivity index (χ3n) is 0.898. The highest BCUT2D eigenvalue weighted by Gasteiger charge is 1.93. The summed E-state index contributed by atoms with van der Waals surface area (Å²) in [6, 6.07) is 0. The lowest BCUT2D eigenvalue weighted by Crippen LogP contribution is -2.19. The highest BCUT2D eigenvalue weighted by molar-refractivity contribution is 7.80. The molecule has 2 nitrogen and oxygen atoms in total. The van der Waals surface area contributed by atoms with Crippen LogP contribution in [0, 0.1) is 0 Å². The molecule has 0 aromatic rings. The van der Waals surface area contributed by atoms with E-state index in [1.807, 2.05) is 21.0 Å². The van der Waals surface area contributed by atoms with Gasteiger partial charge in [-0.15, -0.1) is 12.6 Å². The molecule has 0 rings (SSSR count). The van der Waals surface area contributed by atoms with Crippen molar-refractivity contribution in [2.24, 2.45) is 0 Å². The van der Waals surface area contributed by atoms with E-state index in [9.17, 15) is 0 Å². The van der Waals surface area contributed by atoms with Crippen molar-refractivity contribution in [2.75, 3.05) is 27.2 Å². The summed E-state index contributed by atoms with van der Waals surface area (Å²) in [6.07, 6.45) is 0. The van der Waals surface area contributed by atoms with Crippen molar-refractivity contribution in [3.05, 3.63) is 0 Å². The van der Waals surface area contributed by atoms with Gasteiger partial charge in [0.25, 0.3) is 0 Å². The molecule has 1 unspecified atom stereocenters. The molecule has 0 bridgehead atoms. The molecule has 0 spiro atoms. The van der Waals surface area contributed by atoms with Crippen LogP contribution >= 0.6 is 12.6 Å². The van der Waals surface area contributed by atoms with Crippen molar-refractivity contribution in [3.63, 3.8) is 0 Å². The Labute approximate surface area is 62.6 Å². The summed E-state index contributed by atoms with van der Waals surface area (Å²) < 4.78 is 5.18. The number of rotatable bonds is 4. The lowest BCUT2D eigenvalue weighted by molar-refractivity contribution is 0.109. The maximum Gasteiger partial charge on any atom is 0.0972 e. The zero-order valence-electron chi connectivity index (χ0n) is 6.29. The van der Waals surface area contributed by atoms with Crippen molar-refractivity contribution in [2.45, 2.75) is 12.4 Å². The van der Waals surface area contributed by atoms with Crippen LogP contribution in [0.25, 0.3) is 0 Å². The minimum absolute atomic E-state index is 0.0601. The second kappa shape index (κ2) is 5.09. The van der Waals surface area contributed by atoms with Gasteiger partial charge in [-0.1, -0.05) is 0 Å². The Hall–Kier alpha value is 0.270. The zero-order valence-corrected chi connectivity index (χ0v) is 7.19. The van der Waals surface area contributed by atoms with Crippen LogP contribution in [-0.2, 0) is 4.74 Å². The molecule has 0 aliphatic heterocycles. The minimum atomic E-state index is 0.0601. The van der Waals surface area contributed by atoms with E-state index in [2.05, 4.69) is 17.5 Å². The first-order valence-corrected chi connectivity index (χ1v) is 3.59. The predicted molar refractivity (Wildman–Crippen MR) is 43.0 cm³/mol. The molecule has 0 aliphatic rings. The Morgan fingerprint density at radius 2 is 2.11 bits per heavy atom. The molecule has 0 aromatic carbocycles. The largest absolute Gasteiger partial charge is 0.367 e. The van der Waals surface area contributed by atoms with Gasteiger partial charge < -0.3 is 9.64 Å². The molecule has 0 heterocycles. The summed E-state index contributed by atoms with van der Waals surface area (Å²) in [7, 11) is 4.04. The molecule has 3 heteroatoms. The van der Waals surface area contributed by atoms with Gasteiger partial charge in [0.15, 0.2) is 0 Å². The number of hydrogen-bond acceptors (Lipinski definition) is 3. The van der Waals surface area contributed by atoms with Crippen LogP contribution in [0.2, 0.25) is 0 Å². The smallest absolute Gasteiger partial charge is 0.0972 e. The van der Waals surface area contributed by atoms with E-state index >= 15 is 0 Å². The molecule has 56 valence electrons. The number of likely N-dealkylation sites (N-methyl/N-ethyl adjacent to an activating group) is 1. The van der Waals surface area contributed by atoms with Crippen LogP contribution in [-0.4, -0.2) is 37.6 Å². The average Bonchev–Trinajstić information content (AvgIpc) is 1.63. The standard InChI is InChI=1S/C6H15NOS/c1-6(9)8-5-4-7(2)3/h6,9H,4-5H2,1-3H3. The van der Waals surface area contributed by atoms with E-state index in [0.29, 0.717) is 0 Å². The first-order chi connectivity index (χ1) is 4.13. The Kier molecular flexibility index (Phi) is 5.24. The van der Waals surface area contributed by atoms with Crippen molar-refractivity contribution in [1.29, 1.82) is 0 Å². The minimum Gasteiger partial charge on any atom is -0.367 e. The summed E-state index contributed by atoms with van der Waals surface area (Å²) in [5.41, 5.74) is 0.0601. The van der Waals surface area contributed by atoms with Gasteiger partial charge in [-0.3, -0.25) is 0 Å². The molecule has 0 radical (unpaired) electrons. The fraction of sp³-hybridized carbons (Fsp3) is 1.00. The Morgan fingerprint density at radius 1 is 1.56 bits per heavy atom. The summed E-state index contributed by atoms with van der Waals surface area (Å²) >= 11 is 4.06. The van der Waals surface area contributed by atoms with Crippen molar-refractivity contribution in [1.82, 2.24) is 4.90 Å². The molecule has 1 atom stereocenters. The van der Waals surface area contributed by atoms with Gasteiger partial charge in [-0.25, -0.2) is 0 Å².